The second-order valence-corrected chi connectivity index (χ2v) is 11.8. The molecule has 3 aromatic rings. The summed E-state index contributed by atoms with van der Waals surface area (Å²) in [4.78, 5) is 28.5. The molecular weight excluding hydrogens is 596 g/mol. The van der Waals surface area contributed by atoms with Crippen molar-refractivity contribution < 1.29 is 33.7 Å². The van der Waals surface area contributed by atoms with Crippen LogP contribution in [0.5, 0.6) is 0 Å². The van der Waals surface area contributed by atoms with E-state index in [0.717, 1.165) is 4.90 Å². The van der Waals surface area contributed by atoms with Crippen molar-refractivity contribution in [3.05, 3.63) is 104 Å². The van der Waals surface area contributed by atoms with E-state index in [0.29, 0.717) is 41.7 Å². The largest absolute Gasteiger partial charge is 0.466 e. The van der Waals surface area contributed by atoms with Gasteiger partial charge in [0, 0.05) is 28.8 Å². The number of hydrogen-bond acceptors (Lipinski definition) is 6. The molecule has 1 fully saturated rings. The summed E-state index contributed by atoms with van der Waals surface area (Å²) >= 11 is 12.3. The Balaban J connectivity index is 1.72. The van der Waals surface area contributed by atoms with Gasteiger partial charge in [-0.1, -0.05) is 54.4 Å². The SMILES string of the molecule is CCOC(=O)C[C@@H](c1ccc(Cl)cc1)N1C(=O)c2cc([C@](O)(CC)C3CCOCC3)cc(F)c2C1(O)c1ccc(Cl)cc1. The molecule has 0 aromatic heterocycles. The lowest BCUT2D eigenvalue weighted by molar-refractivity contribution is -0.146. The average molecular weight is 631 g/mol. The second kappa shape index (κ2) is 12.5. The third-order valence-corrected chi connectivity index (χ3v) is 9.15. The molecular formula is C33H34Cl2FNO6. The van der Waals surface area contributed by atoms with E-state index >= 15 is 4.39 Å². The zero-order valence-corrected chi connectivity index (χ0v) is 25.5. The lowest BCUT2D eigenvalue weighted by atomic mass is 9.74. The van der Waals surface area contributed by atoms with Crippen molar-refractivity contribution in [2.45, 2.75) is 56.9 Å². The van der Waals surface area contributed by atoms with Gasteiger partial charge < -0.3 is 19.7 Å². The number of carbonyl (C=O) groups excluding carboxylic acids is 2. The average Bonchev–Trinajstić information content (AvgIpc) is 3.24. The predicted molar refractivity (Wildman–Crippen MR) is 160 cm³/mol. The molecule has 7 nitrogen and oxygen atoms in total. The minimum absolute atomic E-state index is 0.103. The second-order valence-electron chi connectivity index (χ2n) is 11.0. The van der Waals surface area contributed by atoms with E-state index < -0.39 is 35.1 Å². The smallest absolute Gasteiger partial charge is 0.308 e. The summed E-state index contributed by atoms with van der Waals surface area (Å²) in [6.07, 6.45) is 1.12. The summed E-state index contributed by atoms with van der Waals surface area (Å²) in [5.74, 6) is -2.38. The van der Waals surface area contributed by atoms with Gasteiger partial charge in [0.05, 0.1) is 35.8 Å². The number of esters is 1. The summed E-state index contributed by atoms with van der Waals surface area (Å²) in [6, 6.07) is 14.2. The van der Waals surface area contributed by atoms with Gasteiger partial charge in [-0.25, -0.2) is 4.39 Å². The van der Waals surface area contributed by atoms with Gasteiger partial charge in [-0.05, 0) is 79.6 Å². The maximum atomic E-state index is 16.5. The summed E-state index contributed by atoms with van der Waals surface area (Å²) in [7, 11) is 0. The fourth-order valence-electron chi connectivity index (χ4n) is 6.43. The number of nitrogens with zero attached hydrogens (tertiary/aromatic N) is 1. The number of rotatable bonds is 9. The van der Waals surface area contributed by atoms with Crippen molar-refractivity contribution in [3.8, 4) is 0 Å². The Labute approximate surface area is 260 Å². The van der Waals surface area contributed by atoms with Crippen LogP contribution >= 0.6 is 23.2 Å². The molecule has 10 heteroatoms. The van der Waals surface area contributed by atoms with Crippen LogP contribution in [0.2, 0.25) is 10.0 Å². The van der Waals surface area contributed by atoms with Gasteiger partial charge in [-0.3, -0.25) is 14.5 Å². The van der Waals surface area contributed by atoms with Crippen LogP contribution in [0.15, 0.2) is 60.7 Å². The molecule has 3 atom stereocenters. The highest BCUT2D eigenvalue weighted by molar-refractivity contribution is 6.30. The summed E-state index contributed by atoms with van der Waals surface area (Å²) in [6.45, 7) is 4.54. The van der Waals surface area contributed by atoms with Crippen molar-refractivity contribution in [3.63, 3.8) is 0 Å². The summed E-state index contributed by atoms with van der Waals surface area (Å²) in [5, 5.41) is 25.3. The van der Waals surface area contributed by atoms with Gasteiger partial charge in [0.15, 0.2) is 5.72 Å². The van der Waals surface area contributed by atoms with Crippen LogP contribution in [0.1, 0.15) is 78.2 Å². The third kappa shape index (κ3) is 5.67. The number of benzene rings is 3. The van der Waals surface area contributed by atoms with Gasteiger partial charge >= 0.3 is 5.97 Å². The number of aliphatic hydroxyl groups is 2. The first kappa shape index (κ1) is 31.4. The fraction of sp³-hybridized carbons (Fsp3) is 0.394. The molecule has 0 aliphatic carbocycles. The van der Waals surface area contributed by atoms with E-state index in [1.54, 1.807) is 31.2 Å². The normalized spacial score (nSPS) is 20.9. The van der Waals surface area contributed by atoms with Crippen LogP contribution in [0.25, 0.3) is 0 Å². The molecule has 1 unspecified atom stereocenters. The summed E-state index contributed by atoms with van der Waals surface area (Å²) in [5.41, 5.74) is -3.22. The Kier molecular flexibility index (Phi) is 9.16. The first-order valence-corrected chi connectivity index (χ1v) is 15.2. The van der Waals surface area contributed by atoms with Gasteiger partial charge in [-0.15, -0.1) is 0 Å². The van der Waals surface area contributed by atoms with Crippen LogP contribution in [-0.2, 0) is 25.6 Å². The first-order chi connectivity index (χ1) is 20.5. The van der Waals surface area contributed by atoms with Crippen molar-refractivity contribution in [1.29, 1.82) is 0 Å². The zero-order chi connectivity index (χ0) is 30.9. The molecule has 3 aromatic carbocycles. The highest BCUT2D eigenvalue weighted by Crippen LogP contribution is 2.51. The molecule has 1 saturated heterocycles. The molecule has 2 aliphatic rings. The quantitative estimate of drug-likeness (QED) is 0.262. The highest BCUT2D eigenvalue weighted by Gasteiger charge is 2.56. The Hall–Kier alpha value is -3.01. The molecule has 228 valence electrons. The minimum Gasteiger partial charge on any atom is -0.466 e. The summed E-state index contributed by atoms with van der Waals surface area (Å²) < 4.78 is 27.2. The number of amides is 1. The molecule has 2 N–H and O–H groups in total. The van der Waals surface area contributed by atoms with Crippen molar-refractivity contribution >= 4 is 35.1 Å². The van der Waals surface area contributed by atoms with Crippen LogP contribution in [0, 0.1) is 11.7 Å². The number of halogens is 3. The Bertz CT molecular complexity index is 1490. The van der Waals surface area contributed by atoms with Gasteiger partial charge in [0.25, 0.3) is 5.91 Å². The molecule has 0 bridgehead atoms. The minimum atomic E-state index is -2.33. The van der Waals surface area contributed by atoms with E-state index in [-0.39, 0.29) is 47.6 Å². The third-order valence-electron chi connectivity index (χ3n) is 8.65. The maximum absolute atomic E-state index is 16.5. The Morgan fingerprint density at radius 3 is 2.28 bits per heavy atom. The van der Waals surface area contributed by atoms with E-state index in [1.165, 1.54) is 36.4 Å². The number of carbonyl (C=O) groups is 2. The lowest BCUT2D eigenvalue weighted by Gasteiger charge is -2.40. The Morgan fingerprint density at radius 2 is 1.70 bits per heavy atom. The van der Waals surface area contributed by atoms with E-state index in [9.17, 15) is 19.8 Å². The van der Waals surface area contributed by atoms with Crippen molar-refractivity contribution in [2.24, 2.45) is 5.92 Å². The molecule has 2 heterocycles. The maximum Gasteiger partial charge on any atom is 0.308 e. The monoisotopic (exact) mass is 629 g/mol. The molecule has 0 saturated carbocycles. The van der Waals surface area contributed by atoms with E-state index in [1.807, 2.05) is 6.92 Å². The van der Waals surface area contributed by atoms with Crippen molar-refractivity contribution in [1.82, 2.24) is 4.90 Å². The van der Waals surface area contributed by atoms with Crippen LogP contribution in [0.4, 0.5) is 4.39 Å². The molecule has 5 rings (SSSR count). The molecule has 2 aliphatic heterocycles. The van der Waals surface area contributed by atoms with Crippen LogP contribution in [-0.4, -0.2) is 46.8 Å². The number of hydrogen-bond donors (Lipinski definition) is 2. The number of fused-ring (bicyclic) bond motifs is 1. The molecule has 43 heavy (non-hydrogen) atoms. The van der Waals surface area contributed by atoms with Crippen LogP contribution < -0.4 is 0 Å². The predicted octanol–water partition coefficient (Wildman–Crippen LogP) is 6.50. The van der Waals surface area contributed by atoms with Crippen LogP contribution in [0.3, 0.4) is 0 Å². The van der Waals surface area contributed by atoms with E-state index in [2.05, 4.69) is 0 Å². The standard InChI is InChI=1S/C33H34Cl2FNO6/c1-3-32(40,21-13-15-42-16-14-21)23-17-26-30(27(36)18-23)33(41,22-7-11-25(35)12-8-22)37(31(26)39)28(19-29(38)43-4-2)20-5-9-24(34)10-6-20/h5-12,17-18,21,28,40-41H,3-4,13-16,19H2,1-2H3/t28-,32-,33?/m0/s1. The molecule has 1 amide bonds. The zero-order valence-electron chi connectivity index (χ0n) is 24.0. The van der Waals surface area contributed by atoms with E-state index in [4.69, 9.17) is 32.7 Å². The lowest BCUT2D eigenvalue weighted by Crippen LogP contribution is -2.47. The number of ether oxygens (including phenoxy) is 2. The molecule has 0 spiro atoms. The highest BCUT2D eigenvalue weighted by atomic mass is 35.5. The van der Waals surface area contributed by atoms with Gasteiger partial charge in [0.2, 0.25) is 0 Å². The van der Waals surface area contributed by atoms with Gasteiger partial charge in [0.1, 0.15) is 5.82 Å². The topological polar surface area (TPSA) is 96.3 Å². The van der Waals surface area contributed by atoms with Crippen molar-refractivity contribution in [2.75, 3.05) is 19.8 Å². The Morgan fingerprint density at radius 1 is 1.09 bits per heavy atom. The molecule has 0 radical (unpaired) electrons. The fourth-order valence-corrected chi connectivity index (χ4v) is 6.69. The first-order valence-electron chi connectivity index (χ1n) is 14.4. The van der Waals surface area contributed by atoms with Gasteiger partial charge in [-0.2, -0.15) is 0 Å².